The smallest absolute Gasteiger partial charge is 0.418 e. The molecule has 1 aliphatic heterocycles. The van der Waals surface area contributed by atoms with Gasteiger partial charge in [0.05, 0.1) is 21.2 Å². The highest BCUT2D eigenvalue weighted by Gasteiger charge is 2.41. The highest BCUT2D eigenvalue weighted by molar-refractivity contribution is 6.39. The van der Waals surface area contributed by atoms with Gasteiger partial charge in [-0.2, -0.15) is 13.2 Å². The summed E-state index contributed by atoms with van der Waals surface area (Å²) >= 11 is 12.8. The molecule has 0 radical (unpaired) electrons. The standard InChI is InChI=1S/C28H25Cl2F3N2O5/c1-2-16-13-17(10-11-35(16)21-9-8-15(26(36)37)12-18(21)28(31,32)33)39-27(38)23-24(34-40-25(23)14-6-7-14)22-19(29)4-3-5-20(22)30/h3-5,8-9,12,14,16-17H,2,6-7,10-11,13H2,1H3,(H,36,37)/t16-,17-/m1/s1. The van der Waals surface area contributed by atoms with E-state index in [9.17, 15) is 27.9 Å². The molecule has 1 aliphatic carbocycles. The Bertz CT molecular complexity index is 1430. The topological polar surface area (TPSA) is 92.9 Å². The van der Waals surface area contributed by atoms with E-state index in [0.717, 1.165) is 12.8 Å². The zero-order chi connectivity index (χ0) is 28.8. The molecule has 0 unspecified atom stereocenters. The lowest BCUT2D eigenvalue weighted by atomic mass is 9.94. The first-order valence-corrected chi connectivity index (χ1v) is 13.6. The minimum absolute atomic E-state index is 0.0323. The van der Waals surface area contributed by atoms with Crippen molar-refractivity contribution in [2.24, 2.45) is 0 Å². The third-order valence-corrected chi connectivity index (χ3v) is 7.97. The molecule has 5 rings (SSSR count). The largest absolute Gasteiger partial charge is 0.478 e. The summed E-state index contributed by atoms with van der Waals surface area (Å²) in [4.78, 5) is 26.5. The van der Waals surface area contributed by atoms with Crippen LogP contribution in [0.15, 0.2) is 40.9 Å². The Morgan fingerprint density at radius 1 is 1.15 bits per heavy atom. The van der Waals surface area contributed by atoms with Crippen molar-refractivity contribution in [3.63, 3.8) is 0 Å². The van der Waals surface area contributed by atoms with Gasteiger partial charge in [-0.25, -0.2) is 9.59 Å². The van der Waals surface area contributed by atoms with Gasteiger partial charge in [0.25, 0.3) is 0 Å². The number of anilines is 1. The minimum Gasteiger partial charge on any atom is -0.478 e. The van der Waals surface area contributed by atoms with E-state index in [1.165, 1.54) is 12.1 Å². The van der Waals surface area contributed by atoms with Crippen LogP contribution in [-0.2, 0) is 10.9 Å². The molecule has 12 heteroatoms. The Morgan fingerprint density at radius 2 is 1.85 bits per heavy atom. The van der Waals surface area contributed by atoms with E-state index < -0.39 is 35.3 Å². The summed E-state index contributed by atoms with van der Waals surface area (Å²) in [6, 6.07) is 7.56. The van der Waals surface area contributed by atoms with Crippen LogP contribution < -0.4 is 4.90 Å². The number of halogens is 5. The molecule has 2 fully saturated rings. The van der Waals surface area contributed by atoms with Gasteiger partial charge < -0.3 is 19.3 Å². The van der Waals surface area contributed by atoms with Crippen molar-refractivity contribution in [1.29, 1.82) is 0 Å². The number of carboxylic acids is 1. The van der Waals surface area contributed by atoms with Crippen LogP contribution in [0, 0.1) is 0 Å². The van der Waals surface area contributed by atoms with E-state index in [0.29, 0.717) is 33.9 Å². The fourth-order valence-corrected chi connectivity index (χ4v) is 5.78. The Kier molecular flexibility index (Phi) is 7.76. The first kappa shape index (κ1) is 28.3. The lowest BCUT2D eigenvalue weighted by Crippen LogP contribution is -2.46. The van der Waals surface area contributed by atoms with Crippen molar-refractivity contribution in [2.45, 2.75) is 63.3 Å². The summed E-state index contributed by atoms with van der Waals surface area (Å²) in [5.74, 6) is -1.64. The molecule has 212 valence electrons. The maximum absolute atomic E-state index is 13.9. The Hall–Kier alpha value is -3.24. The Balaban J connectivity index is 1.40. The number of piperidine rings is 1. The van der Waals surface area contributed by atoms with Crippen LogP contribution in [0.2, 0.25) is 10.0 Å². The molecule has 0 amide bonds. The van der Waals surface area contributed by atoms with Crippen LogP contribution in [0.1, 0.15) is 77.0 Å². The molecule has 2 atom stereocenters. The van der Waals surface area contributed by atoms with E-state index in [2.05, 4.69) is 5.16 Å². The number of alkyl halides is 3. The SMILES string of the molecule is CC[C@@H]1C[C@H](OC(=O)c2c(-c3c(Cl)cccc3Cl)noc2C2CC2)CCN1c1ccc(C(=O)O)cc1C(F)(F)F. The molecule has 2 aliphatic rings. The van der Waals surface area contributed by atoms with Crippen molar-refractivity contribution in [1.82, 2.24) is 5.16 Å². The summed E-state index contributed by atoms with van der Waals surface area (Å²) in [6.45, 7) is 2.01. The lowest BCUT2D eigenvalue weighted by Gasteiger charge is -2.41. The number of esters is 1. The average molecular weight is 597 g/mol. The van der Waals surface area contributed by atoms with Crippen molar-refractivity contribution in [3.8, 4) is 11.3 Å². The van der Waals surface area contributed by atoms with Gasteiger partial charge in [-0.3, -0.25) is 0 Å². The molecule has 2 heterocycles. The second kappa shape index (κ2) is 11.0. The van der Waals surface area contributed by atoms with Crippen LogP contribution in [0.25, 0.3) is 11.3 Å². The normalized spacial score (nSPS) is 19.5. The van der Waals surface area contributed by atoms with Crippen LogP contribution in [0.5, 0.6) is 0 Å². The second-order valence-corrected chi connectivity index (χ2v) is 10.8. The number of hydrogen-bond donors (Lipinski definition) is 1. The maximum atomic E-state index is 13.9. The Morgan fingerprint density at radius 3 is 2.45 bits per heavy atom. The number of carbonyl (C=O) groups excluding carboxylic acids is 1. The number of carboxylic acid groups (broad SMARTS) is 1. The second-order valence-electron chi connectivity index (χ2n) is 9.98. The molecule has 40 heavy (non-hydrogen) atoms. The van der Waals surface area contributed by atoms with Gasteiger partial charge in [0.15, 0.2) is 5.76 Å². The molecule has 7 nitrogen and oxygen atoms in total. The van der Waals surface area contributed by atoms with E-state index in [-0.39, 0.29) is 48.3 Å². The Labute approximate surface area is 237 Å². The third-order valence-electron chi connectivity index (χ3n) is 7.34. The maximum Gasteiger partial charge on any atom is 0.418 e. The van der Waals surface area contributed by atoms with Crippen LogP contribution >= 0.6 is 23.2 Å². The molecule has 1 N–H and O–H groups in total. The summed E-state index contributed by atoms with van der Waals surface area (Å²) in [5.41, 5.74) is -0.834. The predicted molar refractivity (Wildman–Crippen MR) is 142 cm³/mol. The third kappa shape index (κ3) is 5.51. The van der Waals surface area contributed by atoms with Crippen LogP contribution in [-0.4, -0.2) is 40.9 Å². The summed E-state index contributed by atoms with van der Waals surface area (Å²) in [5, 5.41) is 13.9. The fraction of sp³-hybridized carbons (Fsp3) is 0.393. The van der Waals surface area contributed by atoms with E-state index in [1.54, 1.807) is 23.1 Å². The van der Waals surface area contributed by atoms with Gasteiger partial charge in [-0.15, -0.1) is 0 Å². The zero-order valence-corrected chi connectivity index (χ0v) is 22.8. The molecular weight excluding hydrogens is 572 g/mol. The van der Waals surface area contributed by atoms with E-state index >= 15 is 0 Å². The molecule has 3 aromatic rings. The van der Waals surface area contributed by atoms with Crippen molar-refractivity contribution >= 4 is 40.8 Å². The number of nitrogens with zero attached hydrogens (tertiary/aromatic N) is 2. The van der Waals surface area contributed by atoms with Gasteiger partial charge >= 0.3 is 18.1 Å². The highest BCUT2D eigenvalue weighted by Crippen LogP contribution is 2.46. The van der Waals surface area contributed by atoms with E-state index in [4.69, 9.17) is 32.5 Å². The zero-order valence-electron chi connectivity index (χ0n) is 21.3. The van der Waals surface area contributed by atoms with Gasteiger partial charge in [-0.05, 0) is 49.6 Å². The number of ether oxygens (including phenoxy) is 1. The molecule has 1 saturated heterocycles. The van der Waals surface area contributed by atoms with E-state index in [1.807, 2.05) is 6.92 Å². The van der Waals surface area contributed by atoms with Crippen LogP contribution in [0.4, 0.5) is 18.9 Å². The van der Waals surface area contributed by atoms with Gasteiger partial charge in [0.1, 0.15) is 17.4 Å². The minimum atomic E-state index is -4.74. The fourth-order valence-electron chi connectivity index (χ4n) is 5.20. The molecule has 1 aromatic heterocycles. The number of aromatic carboxylic acids is 1. The molecule has 0 bridgehead atoms. The van der Waals surface area contributed by atoms with Gasteiger partial charge in [0, 0.05) is 42.6 Å². The average Bonchev–Trinajstić information content (AvgIpc) is 3.66. The summed E-state index contributed by atoms with van der Waals surface area (Å²) < 4.78 is 53.2. The molecular formula is C28H25Cl2F3N2O5. The first-order valence-electron chi connectivity index (χ1n) is 12.9. The van der Waals surface area contributed by atoms with Gasteiger partial charge in [-0.1, -0.05) is 41.3 Å². The molecule has 0 spiro atoms. The predicted octanol–water partition coefficient (Wildman–Crippen LogP) is 7.85. The quantitative estimate of drug-likeness (QED) is 0.277. The van der Waals surface area contributed by atoms with Crippen molar-refractivity contribution < 1.29 is 37.1 Å². The molecule has 1 saturated carbocycles. The number of benzene rings is 2. The number of aromatic nitrogens is 1. The number of hydrogen-bond acceptors (Lipinski definition) is 6. The molecule has 2 aromatic carbocycles. The lowest BCUT2D eigenvalue weighted by molar-refractivity contribution is -0.137. The number of rotatable bonds is 7. The van der Waals surface area contributed by atoms with Crippen LogP contribution in [0.3, 0.4) is 0 Å². The van der Waals surface area contributed by atoms with Gasteiger partial charge in [0.2, 0.25) is 0 Å². The highest BCUT2D eigenvalue weighted by atomic mass is 35.5. The van der Waals surface area contributed by atoms with Crippen molar-refractivity contribution in [2.75, 3.05) is 11.4 Å². The summed E-state index contributed by atoms with van der Waals surface area (Å²) in [7, 11) is 0. The first-order chi connectivity index (χ1) is 19.0. The number of carbonyl (C=O) groups is 2. The monoisotopic (exact) mass is 596 g/mol. The van der Waals surface area contributed by atoms with Crippen molar-refractivity contribution in [3.05, 3.63) is 68.9 Å². The summed E-state index contributed by atoms with van der Waals surface area (Å²) in [6.07, 6.45) is -2.61.